The fourth-order valence-corrected chi connectivity index (χ4v) is 1.43. The van der Waals surface area contributed by atoms with Gasteiger partial charge in [-0.05, 0) is 20.3 Å². The Bertz CT molecular complexity index is 202. The maximum Gasteiger partial charge on any atom is 0.235 e. The second kappa shape index (κ2) is 7.77. The minimum Gasteiger partial charge on any atom is -0.353 e. The van der Waals surface area contributed by atoms with Crippen LogP contribution in [-0.2, 0) is 9.59 Å². The molecule has 0 spiro atoms. The van der Waals surface area contributed by atoms with Crippen molar-refractivity contribution in [3.05, 3.63) is 0 Å². The quantitative estimate of drug-likeness (QED) is 0.692. The minimum atomic E-state index is -0.208. The summed E-state index contributed by atoms with van der Waals surface area (Å²) in [7, 11) is 0. The summed E-state index contributed by atoms with van der Waals surface area (Å²) in [4.78, 5) is 21.9. The lowest BCUT2D eigenvalue weighted by molar-refractivity contribution is -0.119. The van der Waals surface area contributed by atoms with Crippen LogP contribution < -0.4 is 10.6 Å². The summed E-state index contributed by atoms with van der Waals surface area (Å²) < 4.78 is 0. The summed E-state index contributed by atoms with van der Waals surface area (Å²) in [6.07, 6.45) is 0.644. The number of carbonyl (C=O) groups excluding carboxylic acids is 2. The first-order chi connectivity index (χ1) is 6.99. The van der Waals surface area contributed by atoms with E-state index in [4.69, 9.17) is 23.2 Å². The van der Waals surface area contributed by atoms with E-state index in [0.29, 0.717) is 6.42 Å². The molecule has 2 unspecified atom stereocenters. The topological polar surface area (TPSA) is 58.2 Å². The van der Waals surface area contributed by atoms with Crippen LogP contribution in [0, 0.1) is 0 Å². The van der Waals surface area contributed by atoms with Gasteiger partial charge in [-0.25, -0.2) is 0 Å². The Morgan fingerprint density at radius 3 is 1.60 bits per heavy atom. The number of amides is 2. The third-order valence-electron chi connectivity index (χ3n) is 1.76. The van der Waals surface area contributed by atoms with Crippen LogP contribution in [0.2, 0.25) is 0 Å². The van der Waals surface area contributed by atoms with Crippen molar-refractivity contribution in [3.63, 3.8) is 0 Å². The van der Waals surface area contributed by atoms with Gasteiger partial charge in [0.2, 0.25) is 11.8 Å². The third-order valence-corrected chi connectivity index (χ3v) is 2.25. The molecule has 4 nitrogen and oxygen atoms in total. The third kappa shape index (κ3) is 7.45. The smallest absolute Gasteiger partial charge is 0.235 e. The zero-order valence-corrected chi connectivity index (χ0v) is 10.4. The highest BCUT2D eigenvalue weighted by molar-refractivity contribution is 6.27. The molecule has 6 heteroatoms. The Hall–Kier alpha value is -0.480. The van der Waals surface area contributed by atoms with E-state index >= 15 is 0 Å². The second-order valence-electron chi connectivity index (χ2n) is 3.44. The molecule has 2 N–H and O–H groups in total. The predicted molar refractivity (Wildman–Crippen MR) is 61.3 cm³/mol. The molecule has 0 aromatic heterocycles. The number of hydrogen-bond acceptors (Lipinski definition) is 2. The number of nitrogens with one attached hydrogen (secondary N) is 2. The van der Waals surface area contributed by atoms with Crippen molar-refractivity contribution in [1.82, 2.24) is 10.6 Å². The highest BCUT2D eigenvalue weighted by atomic mass is 35.5. The summed E-state index contributed by atoms with van der Waals surface area (Å²) in [5.74, 6) is -0.514. The minimum absolute atomic E-state index is 0.0260. The van der Waals surface area contributed by atoms with E-state index in [1.807, 2.05) is 13.8 Å². The van der Waals surface area contributed by atoms with Crippen molar-refractivity contribution in [2.45, 2.75) is 32.4 Å². The van der Waals surface area contributed by atoms with E-state index in [1.54, 1.807) is 0 Å². The molecule has 0 fully saturated rings. The molecule has 0 radical (unpaired) electrons. The fraction of sp³-hybridized carbons (Fsp3) is 0.778. The van der Waals surface area contributed by atoms with Gasteiger partial charge in [-0.3, -0.25) is 9.59 Å². The highest BCUT2D eigenvalue weighted by Crippen LogP contribution is 1.97. The Kier molecular flexibility index (Phi) is 7.52. The van der Waals surface area contributed by atoms with Gasteiger partial charge in [0, 0.05) is 12.1 Å². The summed E-state index contributed by atoms with van der Waals surface area (Å²) in [6.45, 7) is 3.71. The van der Waals surface area contributed by atoms with E-state index in [2.05, 4.69) is 10.6 Å². The molecule has 0 aromatic carbocycles. The van der Waals surface area contributed by atoms with E-state index in [0.717, 1.165) is 0 Å². The van der Waals surface area contributed by atoms with E-state index in [1.165, 1.54) is 0 Å². The number of carbonyl (C=O) groups is 2. The average Bonchev–Trinajstić information content (AvgIpc) is 2.16. The summed E-state index contributed by atoms with van der Waals surface area (Å²) in [6, 6.07) is -0.0521. The Morgan fingerprint density at radius 1 is 1.00 bits per heavy atom. The van der Waals surface area contributed by atoms with E-state index < -0.39 is 0 Å². The number of rotatable bonds is 6. The van der Waals surface area contributed by atoms with Crippen molar-refractivity contribution in [2.75, 3.05) is 11.8 Å². The molecule has 0 heterocycles. The van der Waals surface area contributed by atoms with Crippen molar-refractivity contribution in [2.24, 2.45) is 0 Å². The normalized spacial score (nSPS) is 14.1. The zero-order chi connectivity index (χ0) is 11.8. The van der Waals surface area contributed by atoms with Crippen LogP contribution in [-0.4, -0.2) is 35.7 Å². The van der Waals surface area contributed by atoms with Crippen molar-refractivity contribution in [3.8, 4) is 0 Å². The summed E-state index contributed by atoms with van der Waals surface area (Å²) in [5.41, 5.74) is 0. The molecule has 0 aromatic rings. The van der Waals surface area contributed by atoms with Crippen molar-refractivity contribution >= 4 is 35.0 Å². The lowest BCUT2D eigenvalue weighted by Crippen LogP contribution is -2.41. The molecule has 2 amide bonds. The molecule has 0 aliphatic rings. The zero-order valence-electron chi connectivity index (χ0n) is 8.85. The van der Waals surface area contributed by atoms with Gasteiger partial charge in [0.25, 0.3) is 0 Å². The summed E-state index contributed by atoms with van der Waals surface area (Å²) >= 11 is 10.7. The van der Waals surface area contributed by atoms with Crippen LogP contribution in [0.25, 0.3) is 0 Å². The molecule has 0 aliphatic heterocycles. The first-order valence-electron chi connectivity index (χ1n) is 4.70. The van der Waals surface area contributed by atoms with Crippen LogP contribution in [0.4, 0.5) is 0 Å². The van der Waals surface area contributed by atoms with Crippen LogP contribution >= 0.6 is 23.2 Å². The van der Waals surface area contributed by atoms with Gasteiger partial charge in [-0.1, -0.05) is 0 Å². The standard InChI is InChI=1S/C9H16Cl2N2O2/c1-6(12-8(14)4-10)3-7(2)13-9(15)5-11/h6-7H,3-5H2,1-2H3,(H,12,14)(H,13,15). The second-order valence-corrected chi connectivity index (χ2v) is 3.97. The lowest BCUT2D eigenvalue weighted by atomic mass is 10.1. The number of alkyl halides is 2. The van der Waals surface area contributed by atoms with Gasteiger partial charge in [-0.15, -0.1) is 23.2 Å². The molecule has 2 atom stereocenters. The summed E-state index contributed by atoms with van der Waals surface area (Å²) in [5, 5.41) is 5.39. The molecule has 0 rings (SSSR count). The first-order valence-corrected chi connectivity index (χ1v) is 5.77. The number of halogens is 2. The van der Waals surface area contributed by atoms with Gasteiger partial charge in [0.1, 0.15) is 11.8 Å². The van der Waals surface area contributed by atoms with Crippen molar-refractivity contribution < 1.29 is 9.59 Å². The maximum atomic E-state index is 10.9. The molecule has 0 saturated carbocycles. The van der Waals surface area contributed by atoms with Crippen LogP contribution in [0.15, 0.2) is 0 Å². The van der Waals surface area contributed by atoms with Gasteiger partial charge in [0.05, 0.1) is 0 Å². The largest absolute Gasteiger partial charge is 0.353 e. The van der Waals surface area contributed by atoms with Crippen LogP contribution in [0.1, 0.15) is 20.3 Å². The molecule has 0 saturated heterocycles. The molecule has 0 aliphatic carbocycles. The monoisotopic (exact) mass is 254 g/mol. The Labute approximate surface area is 99.7 Å². The molecule has 88 valence electrons. The highest BCUT2D eigenvalue weighted by Gasteiger charge is 2.12. The van der Waals surface area contributed by atoms with Crippen LogP contribution in [0.5, 0.6) is 0 Å². The Morgan fingerprint density at radius 2 is 1.33 bits per heavy atom. The van der Waals surface area contributed by atoms with Crippen LogP contribution in [0.3, 0.4) is 0 Å². The average molecular weight is 255 g/mol. The lowest BCUT2D eigenvalue weighted by Gasteiger charge is -2.18. The van der Waals surface area contributed by atoms with Gasteiger partial charge >= 0.3 is 0 Å². The van der Waals surface area contributed by atoms with E-state index in [9.17, 15) is 9.59 Å². The number of hydrogen-bond donors (Lipinski definition) is 2. The van der Waals surface area contributed by atoms with Gasteiger partial charge in [-0.2, -0.15) is 0 Å². The van der Waals surface area contributed by atoms with Crippen molar-refractivity contribution in [1.29, 1.82) is 0 Å². The molecular weight excluding hydrogens is 239 g/mol. The molecule has 15 heavy (non-hydrogen) atoms. The Balaban J connectivity index is 3.80. The first kappa shape index (κ1) is 14.5. The SMILES string of the molecule is CC(CC(C)NC(=O)CCl)NC(=O)CCl. The van der Waals surface area contributed by atoms with Gasteiger partial charge in [0.15, 0.2) is 0 Å². The molecular formula is C9H16Cl2N2O2. The molecule has 0 bridgehead atoms. The van der Waals surface area contributed by atoms with E-state index in [-0.39, 0.29) is 35.7 Å². The predicted octanol–water partition coefficient (Wildman–Crippen LogP) is 0.863. The van der Waals surface area contributed by atoms with Gasteiger partial charge < -0.3 is 10.6 Å². The fourth-order valence-electron chi connectivity index (χ4n) is 1.27. The maximum absolute atomic E-state index is 10.9.